The lowest BCUT2D eigenvalue weighted by atomic mass is 10.00. The summed E-state index contributed by atoms with van der Waals surface area (Å²) in [5.41, 5.74) is 4.62. The molecular weight excluding hydrogens is 278 g/mol. The van der Waals surface area contributed by atoms with Gasteiger partial charge in [-0.3, -0.25) is 0 Å². The first kappa shape index (κ1) is 16.9. The molecule has 0 bridgehead atoms. The number of benzene rings is 1. The second-order valence-electron chi connectivity index (χ2n) is 5.25. The molecular formula is C14H23NO4S. The zero-order chi connectivity index (χ0) is 15.2. The maximum atomic E-state index is 11.3. The molecule has 0 radical (unpaired) electrons. The predicted octanol–water partition coefficient (Wildman–Crippen LogP) is 1.35. The van der Waals surface area contributed by atoms with E-state index in [-0.39, 0.29) is 11.4 Å². The average molecular weight is 301 g/mol. The Morgan fingerprint density at radius 2 is 1.85 bits per heavy atom. The van der Waals surface area contributed by atoms with E-state index in [1.165, 1.54) is 18.4 Å². The summed E-state index contributed by atoms with van der Waals surface area (Å²) < 4.78 is 28.1. The maximum absolute atomic E-state index is 11.3. The monoisotopic (exact) mass is 301 g/mol. The average Bonchev–Trinajstić information content (AvgIpc) is 2.38. The third-order valence-electron chi connectivity index (χ3n) is 3.07. The molecule has 0 aliphatic rings. The van der Waals surface area contributed by atoms with Crippen molar-refractivity contribution < 1.29 is 18.3 Å². The molecule has 0 saturated heterocycles. The van der Waals surface area contributed by atoms with Crippen LogP contribution in [0.5, 0.6) is 5.75 Å². The second kappa shape index (κ2) is 7.06. The fraction of sp³-hybridized carbons (Fsp3) is 0.571. The summed E-state index contributed by atoms with van der Waals surface area (Å²) in [6.07, 6.45) is 3.45. The molecule has 1 rings (SSSR count). The molecule has 20 heavy (non-hydrogen) atoms. The first-order valence-electron chi connectivity index (χ1n) is 6.60. The van der Waals surface area contributed by atoms with Gasteiger partial charge in [0.05, 0.1) is 17.1 Å². The fourth-order valence-corrected chi connectivity index (χ4v) is 2.31. The van der Waals surface area contributed by atoms with Gasteiger partial charge in [-0.2, -0.15) is 0 Å². The third-order valence-corrected chi connectivity index (χ3v) is 4.20. The summed E-state index contributed by atoms with van der Waals surface area (Å²) in [7, 11) is -3.16. The van der Waals surface area contributed by atoms with E-state index in [0.29, 0.717) is 18.8 Å². The Labute approximate surface area is 120 Å². The van der Waals surface area contributed by atoms with Crippen molar-refractivity contribution in [2.24, 2.45) is 5.73 Å². The van der Waals surface area contributed by atoms with E-state index < -0.39 is 15.4 Å². The smallest absolute Gasteiger partial charge is 0.175 e. The highest BCUT2D eigenvalue weighted by molar-refractivity contribution is 7.90. The first-order valence-corrected chi connectivity index (χ1v) is 8.49. The quantitative estimate of drug-likeness (QED) is 0.707. The third kappa shape index (κ3) is 5.90. The minimum absolute atomic E-state index is 0.251. The molecule has 0 aliphatic heterocycles. The van der Waals surface area contributed by atoms with E-state index in [4.69, 9.17) is 10.5 Å². The number of nitrogens with two attached hydrogens (primary N) is 1. The number of rotatable bonds is 8. The highest BCUT2D eigenvalue weighted by atomic mass is 32.2. The van der Waals surface area contributed by atoms with Crippen molar-refractivity contribution >= 4 is 9.84 Å². The Morgan fingerprint density at radius 1 is 1.25 bits per heavy atom. The number of aliphatic hydroxyl groups is 1. The lowest BCUT2D eigenvalue weighted by molar-refractivity contribution is 0.0562. The van der Waals surface area contributed by atoms with Crippen LogP contribution in [0.15, 0.2) is 29.2 Å². The van der Waals surface area contributed by atoms with Crippen LogP contribution in [0.2, 0.25) is 0 Å². The van der Waals surface area contributed by atoms with Gasteiger partial charge < -0.3 is 15.6 Å². The Bertz CT molecular complexity index is 508. The Hall–Kier alpha value is -1.11. The van der Waals surface area contributed by atoms with Crippen LogP contribution in [-0.4, -0.2) is 38.5 Å². The van der Waals surface area contributed by atoms with Gasteiger partial charge in [0.15, 0.2) is 9.84 Å². The van der Waals surface area contributed by atoms with Gasteiger partial charge in [-0.25, -0.2) is 8.42 Å². The van der Waals surface area contributed by atoms with Crippen LogP contribution < -0.4 is 10.5 Å². The largest absolute Gasteiger partial charge is 0.494 e. The number of ether oxygens (including phenoxy) is 1. The standard InChI is InChI=1S/C14H23NO4S/c1-14(16,11-15)9-3-4-10-19-12-5-7-13(8-6-12)20(2,17)18/h5-8,16H,3-4,9-11,15H2,1-2H3. The van der Waals surface area contributed by atoms with Gasteiger partial charge >= 0.3 is 0 Å². The van der Waals surface area contributed by atoms with E-state index in [2.05, 4.69) is 0 Å². The van der Waals surface area contributed by atoms with Crippen LogP contribution in [-0.2, 0) is 9.84 Å². The van der Waals surface area contributed by atoms with Gasteiger partial charge in [-0.1, -0.05) is 0 Å². The maximum Gasteiger partial charge on any atom is 0.175 e. The zero-order valence-corrected chi connectivity index (χ0v) is 12.8. The molecule has 5 nitrogen and oxygen atoms in total. The van der Waals surface area contributed by atoms with E-state index in [9.17, 15) is 13.5 Å². The normalized spacial score (nSPS) is 14.8. The number of hydrogen-bond donors (Lipinski definition) is 2. The molecule has 1 unspecified atom stereocenters. The topological polar surface area (TPSA) is 89.6 Å². The predicted molar refractivity (Wildman–Crippen MR) is 78.6 cm³/mol. The van der Waals surface area contributed by atoms with Crippen molar-refractivity contribution in [3.63, 3.8) is 0 Å². The molecule has 0 aliphatic carbocycles. The number of unbranched alkanes of at least 4 members (excludes halogenated alkanes) is 1. The molecule has 0 spiro atoms. The van der Waals surface area contributed by atoms with Crippen molar-refractivity contribution in [2.45, 2.75) is 36.7 Å². The SMILES string of the molecule is CC(O)(CN)CCCCOc1ccc(S(C)(=O)=O)cc1. The summed E-state index contributed by atoms with van der Waals surface area (Å²) in [6.45, 7) is 2.50. The number of hydrogen-bond acceptors (Lipinski definition) is 5. The summed E-state index contributed by atoms with van der Waals surface area (Å²) in [6, 6.07) is 6.35. The second-order valence-corrected chi connectivity index (χ2v) is 7.27. The van der Waals surface area contributed by atoms with Crippen LogP contribution in [0.3, 0.4) is 0 Å². The van der Waals surface area contributed by atoms with Gasteiger partial charge in [-0.05, 0) is 50.5 Å². The summed E-state index contributed by atoms with van der Waals surface area (Å²) in [5.74, 6) is 0.642. The molecule has 0 heterocycles. The molecule has 0 saturated carbocycles. The van der Waals surface area contributed by atoms with Crippen molar-refractivity contribution in [3.8, 4) is 5.75 Å². The molecule has 0 aromatic heterocycles. The van der Waals surface area contributed by atoms with Crippen molar-refractivity contribution in [3.05, 3.63) is 24.3 Å². The lowest BCUT2D eigenvalue weighted by Gasteiger charge is -2.20. The van der Waals surface area contributed by atoms with E-state index in [1.807, 2.05) is 0 Å². The van der Waals surface area contributed by atoms with E-state index >= 15 is 0 Å². The zero-order valence-electron chi connectivity index (χ0n) is 12.0. The molecule has 1 aromatic rings. The highest BCUT2D eigenvalue weighted by Crippen LogP contribution is 2.17. The Kier molecular flexibility index (Phi) is 5.98. The highest BCUT2D eigenvalue weighted by Gasteiger charge is 2.16. The van der Waals surface area contributed by atoms with Gasteiger partial charge in [0.2, 0.25) is 0 Å². The first-order chi connectivity index (χ1) is 9.24. The molecule has 0 amide bonds. The van der Waals surface area contributed by atoms with Crippen molar-refractivity contribution in [1.29, 1.82) is 0 Å². The Morgan fingerprint density at radius 3 is 2.35 bits per heavy atom. The molecule has 1 atom stereocenters. The van der Waals surface area contributed by atoms with Gasteiger partial charge in [0, 0.05) is 12.8 Å². The molecule has 6 heteroatoms. The lowest BCUT2D eigenvalue weighted by Crippen LogP contribution is -2.33. The minimum Gasteiger partial charge on any atom is -0.494 e. The van der Waals surface area contributed by atoms with Crippen molar-refractivity contribution in [1.82, 2.24) is 0 Å². The van der Waals surface area contributed by atoms with Gasteiger partial charge in [0.1, 0.15) is 5.75 Å². The molecule has 114 valence electrons. The van der Waals surface area contributed by atoms with Crippen LogP contribution >= 0.6 is 0 Å². The Balaban J connectivity index is 2.33. The van der Waals surface area contributed by atoms with Crippen LogP contribution in [0.25, 0.3) is 0 Å². The molecule has 3 N–H and O–H groups in total. The fourth-order valence-electron chi connectivity index (χ4n) is 1.68. The summed E-state index contributed by atoms with van der Waals surface area (Å²) in [5, 5.41) is 9.72. The van der Waals surface area contributed by atoms with Crippen molar-refractivity contribution in [2.75, 3.05) is 19.4 Å². The molecule has 1 aromatic carbocycles. The van der Waals surface area contributed by atoms with Gasteiger partial charge in [-0.15, -0.1) is 0 Å². The van der Waals surface area contributed by atoms with Crippen LogP contribution in [0.4, 0.5) is 0 Å². The van der Waals surface area contributed by atoms with E-state index in [1.54, 1.807) is 19.1 Å². The minimum atomic E-state index is -3.16. The summed E-state index contributed by atoms with van der Waals surface area (Å²) in [4.78, 5) is 0.281. The van der Waals surface area contributed by atoms with Crippen LogP contribution in [0.1, 0.15) is 26.2 Å². The van der Waals surface area contributed by atoms with E-state index in [0.717, 1.165) is 12.8 Å². The molecule has 0 fully saturated rings. The number of sulfone groups is 1. The van der Waals surface area contributed by atoms with Gasteiger partial charge in [0.25, 0.3) is 0 Å². The van der Waals surface area contributed by atoms with Crippen LogP contribution in [0, 0.1) is 0 Å². The summed E-state index contributed by atoms with van der Waals surface area (Å²) >= 11 is 0.